The molecular formula is C19H26F3NS. The molecule has 2 rings (SSSR count). The number of hydrogen-bond donors (Lipinski definition) is 0. The van der Waals surface area contributed by atoms with Crippen LogP contribution in [0.3, 0.4) is 0 Å². The molecule has 0 aromatic heterocycles. The Morgan fingerprint density at radius 3 is 2.21 bits per heavy atom. The van der Waals surface area contributed by atoms with E-state index in [1.807, 2.05) is 11.9 Å². The Balaban J connectivity index is 2.19. The van der Waals surface area contributed by atoms with E-state index in [-0.39, 0.29) is 5.41 Å². The van der Waals surface area contributed by atoms with Crippen molar-refractivity contribution in [2.45, 2.75) is 58.2 Å². The van der Waals surface area contributed by atoms with Gasteiger partial charge in [0, 0.05) is 18.3 Å². The highest BCUT2D eigenvalue weighted by atomic mass is 32.2. The van der Waals surface area contributed by atoms with E-state index in [2.05, 4.69) is 38.1 Å². The Morgan fingerprint density at radius 1 is 1.17 bits per heavy atom. The zero-order valence-corrected chi connectivity index (χ0v) is 15.6. The van der Waals surface area contributed by atoms with Gasteiger partial charge in [-0.1, -0.05) is 49.6 Å². The molecule has 0 spiro atoms. The second-order valence-corrected chi connectivity index (χ2v) is 8.44. The van der Waals surface area contributed by atoms with Gasteiger partial charge in [-0.05, 0) is 49.8 Å². The smallest absolute Gasteiger partial charge is 0.244 e. The van der Waals surface area contributed by atoms with E-state index in [1.54, 1.807) is 12.1 Å². The zero-order valence-electron chi connectivity index (χ0n) is 14.8. The normalized spacial score (nSPS) is 17.8. The molecule has 1 heterocycles. The molecule has 1 aromatic rings. The van der Waals surface area contributed by atoms with E-state index in [0.717, 1.165) is 24.3 Å². The standard InChI is InChI=1S/C19H26F3NS/c1-14(2)12-17(23-10-5-11-24-23)13-18(3,4)15-6-8-16(9-7-15)19(20,21)22/h6-9,12,17H,5,10-11,13H2,1-4H3. The van der Waals surface area contributed by atoms with Crippen LogP contribution in [0.25, 0.3) is 0 Å². The minimum Gasteiger partial charge on any atom is -0.244 e. The molecular weight excluding hydrogens is 331 g/mol. The lowest BCUT2D eigenvalue weighted by Gasteiger charge is -2.33. The summed E-state index contributed by atoms with van der Waals surface area (Å²) in [4.78, 5) is 0. The number of benzene rings is 1. The Morgan fingerprint density at radius 2 is 1.75 bits per heavy atom. The summed E-state index contributed by atoms with van der Waals surface area (Å²) in [6, 6.07) is 5.94. The van der Waals surface area contributed by atoms with Crippen LogP contribution in [0.4, 0.5) is 13.2 Å². The SMILES string of the molecule is CC(C)=CC(CC(C)(C)c1ccc(C(F)(F)F)cc1)N1CCCS1. The van der Waals surface area contributed by atoms with Crippen LogP contribution in [0, 0.1) is 0 Å². The fourth-order valence-corrected chi connectivity index (χ4v) is 4.19. The Kier molecular flexibility index (Phi) is 6.08. The Hall–Kier alpha value is -0.940. The monoisotopic (exact) mass is 357 g/mol. The number of alkyl halides is 3. The molecule has 1 saturated heterocycles. The topological polar surface area (TPSA) is 3.24 Å². The summed E-state index contributed by atoms with van der Waals surface area (Å²) in [5.74, 6) is 1.15. The zero-order chi connectivity index (χ0) is 18.0. The average molecular weight is 357 g/mol. The molecule has 24 heavy (non-hydrogen) atoms. The molecule has 0 amide bonds. The van der Waals surface area contributed by atoms with Crippen LogP contribution in [-0.4, -0.2) is 22.6 Å². The fourth-order valence-electron chi connectivity index (χ4n) is 3.11. The van der Waals surface area contributed by atoms with Crippen LogP contribution in [0.1, 0.15) is 51.7 Å². The summed E-state index contributed by atoms with van der Waals surface area (Å²) in [5, 5.41) is 0. The summed E-state index contributed by atoms with van der Waals surface area (Å²) in [5.41, 5.74) is 1.45. The van der Waals surface area contributed by atoms with Crippen LogP contribution >= 0.6 is 11.9 Å². The molecule has 0 radical (unpaired) electrons. The molecule has 1 fully saturated rings. The summed E-state index contributed by atoms with van der Waals surface area (Å²) >= 11 is 1.87. The van der Waals surface area contributed by atoms with Gasteiger partial charge in [-0.15, -0.1) is 0 Å². The van der Waals surface area contributed by atoms with Crippen LogP contribution in [-0.2, 0) is 11.6 Å². The molecule has 0 aliphatic carbocycles. The number of hydrogen-bond acceptors (Lipinski definition) is 2. The molecule has 1 aromatic carbocycles. The maximum absolute atomic E-state index is 12.8. The number of rotatable bonds is 5. The molecule has 0 saturated carbocycles. The van der Waals surface area contributed by atoms with E-state index in [9.17, 15) is 13.2 Å². The van der Waals surface area contributed by atoms with Crippen molar-refractivity contribution in [3.63, 3.8) is 0 Å². The van der Waals surface area contributed by atoms with Gasteiger partial charge >= 0.3 is 6.18 Å². The first-order valence-electron chi connectivity index (χ1n) is 8.32. The van der Waals surface area contributed by atoms with Crippen molar-refractivity contribution in [1.82, 2.24) is 4.31 Å². The van der Waals surface area contributed by atoms with E-state index in [4.69, 9.17) is 0 Å². The summed E-state index contributed by atoms with van der Waals surface area (Å²) in [7, 11) is 0. The lowest BCUT2D eigenvalue weighted by Crippen LogP contribution is -2.33. The third kappa shape index (κ3) is 5.03. The minimum atomic E-state index is -4.28. The molecule has 0 N–H and O–H groups in total. The van der Waals surface area contributed by atoms with Gasteiger partial charge in [-0.25, -0.2) is 4.31 Å². The molecule has 1 aliphatic heterocycles. The highest BCUT2D eigenvalue weighted by molar-refractivity contribution is 7.97. The highest BCUT2D eigenvalue weighted by Gasteiger charge is 2.32. The lowest BCUT2D eigenvalue weighted by molar-refractivity contribution is -0.137. The van der Waals surface area contributed by atoms with Gasteiger partial charge in [0.15, 0.2) is 0 Å². The average Bonchev–Trinajstić information content (AvgIpc) is 2.99. The van der Waals surface area contributed by atoms with E-state index >= 15 is 0 Å². The maximum Gasteiger partial charge on any atom is 0.416 e. The van der Waals surface area contributed by atoms with Gasteiger partial charge in [0.1, 0.15) is 0 Å². The third-order valence-electron chi connectivity index (χ3n) is 4.39. The number of nitrogens with zero attached hydrogens (tertiary/aromatic N) is 1. The number of allylic oxidation sites excluding steroid dienone is 1. The van der Waals surface area contributed by atoms with Gasteiger partial charge in [0.05, 0.1) is 5.56 Å². The molecule has 1 atom stereocenters. The van der Waals surface area contributed by atoms with Crippen molar-refractivity contribution in [2.75, 3.05) is 12.3 Å². The quantitative estimate of drug-likeness (QED) is 0.465. The molecule has 5 heteroatoms. The Labute approximate surface area is 147 Å². The maximum atomic E-state index is 12.8. The van der Waals surface area contributed by atoms with Gasteiger partial charge in [-0.3, -0.25) is 0 Å². The van der Waals surface area contributed by atoms with E-state index in [0.29, 0.717) is 6.04 Å². The molecule has 1 nitrogen and oxygen atoms in total. The largest absolute Gasteiger partial charge is 0.416 e. The summed E-state index contributed by atoms with van der Waals surface area (Å²) < 4.78 is 40.7. The fraction of sp³-hybridized carbons (Fsp3) is 0.579. The molecule has 134 valence electrons. The van der Waals surface area contributed by atoms with E-state index in [1.165, 1.54) is 24.1 Å². The van der Waals surface area contributed by atoms with Gasteiger partial charge in [-0.2, -0.15) is 13.2 Å². The minimum absolute atomic E-state index is 0.191. The molecule has 1 unspecified atom stereocenters. The first-order chi connectivity index (χ1) is 11.1. The first kappa shape index (κ1) is 19.4. The van der Waals surface area contributed by atoms with Gasteiger partial charge in [0.2, 0.25) is 0 Å². The van der Waals surface area contributed by atoms with Crippen LogP contribution < -0.4 is 0 Å². The number of halogens is 3. The highest BCUT2D eigenvalue weighted by Crippen LogP contribution is 2.36. The van der Waals surface area contributed by atoms with Crippen LogP contribution in [0.15, 0.2) is 35.9 Å². The van der Waals surface area contributed by atoms with Crippen LogP contribution in [0.5, 0.6) is 0 Å². The second kappa shape index (κ2) is 7.52. The van der Waals surface area contributed by atoms with Crippen molar-refractivity contribution in [3.05, 3.63) is 47.0 Å². The van der Waals surface area contributed by atoms with Crippen molar-refractivity contribution >= 4 is 11.9 Å². The van der Waals surface area contributed by atoms with Gasteiger partial charge < -0.3 is 0 Å². The van der Waals surface area contributed by atoms with Crippen molar-refractivity contribution < 1.29 is 13.2 Å². The summed E-state index contributed by atoms with van der Waals surface area (Å²) in [6.45, 7) is 9.49. The lowest BCUT2D eigenvalue weighted by atomic mass is 9.78. The van der Waals surface area contributed by atoms with E-state index < -0.39 is 11.7 Å². The molecule has 1 aliphatic rings. The second-order valence-electron chi connectivity index (χ2n) is 7.30. The summed E-state index contributed by atoms with van der Waals surface area (Å²) in [6.07, 6.45) is 0.0820. The van der Waals surface area contributed by atoms with Crippen molar-refractivity contribution in [2.24, 2.45) is 0 Å². The van der Waals surface area contributed by atoms with Gasteiger partial charge in [0.25, 0.3) is 0 Å². The predicted octanol–water partition coefficient (Wildman–Crippen LogP) is 6.06. The van der Waals surface area contributed by atoms with Crippen molar-refractivity contribution in [1.29, 1.82) is 0 Å². The first-order valence-corrected chi connectivity index (χ1v) is 9.26. The van der Waals surface area contributed by atoms with Crippen molar-refractivity contribution in [3.8, 4) is 0 Å². The third-order valence-corrected chi connectivity index (χ3v) is 5.64. The van der Waals surface area contributed by atoms with Crippen LogP contribution in [0.2, 0.25) is 0 Å². The molecule has 0 bridgehead atoms. The Bertz CT molecular complexity index is 565. The predicted molar refractivity (Wildman–Crippen MR) is 96.1 cm³/mol.